The summed E-state index contributed by atoms with van der Waals surface area (Å²) < 4.78 is 12.2. The van der Waals surface area contributed by atoms with Gasteiger partial charge in [0.1, 0.15) is 0 Å². The number of benzene rings is 1. The molecule has 0 radical (unpaired) electrons. The minimum Gasteiger partial charge on any atom is -0.250 e. The third-order valence-corrected chi connectivity index (χ3v) is 3.88. The van der Waals surface area contributed by atoms with Crippen LogP contribution in [0, 0.1) is 18.8 Å². The molecule has 0 fully saturated rings. The van der Waals surface area contributed by atoms with Crippen LogP contribution in [0.25, 0.3) is 0 Å². The van der Waals surface area contributed by atoms with Gasteiger partial charge in [0, 0.05) is 22.3 Å². The standard InChI is InChI=1S/C17H22OS/c1-4-6-7-9-16(8-5-2)14-19(18)17-12-10-15(3)11-13-17/h10-14H,4-6,8H2,1-3H3/b16-14+/t19-/m1/s1. The van der Waals surface area contributed by atoms with Crippen LogP contribution in [0.5, 0.6) is 0 Å². The van der Waals surface area contributed by atoms with E-state index in [2.05, 4.69) is 25.7 Å². The summed E-state index contributed by atoms with van der Waals surface area (Å²) in [5.74, 6) is 6.28. The van der Waals surface area contributed by atoms with Crippen LogP contribution in [0.15, 0.2) is 40.1 Å². The van der Waals surface area contributed by atoms with Crippen LogP contribution in [0.3, 0.4) is 0 Å². The summed E-state index contributed by atoms with van der Waals surface area (Å²) in [6.45, 7) is 6.26. The Morgan fingerprint density at radius 1 is 1.21 bits per heavy atom. The molecule has 0 heterocycles. The van der Waals surface area contributed by atoms with E-state index >= 15 is 0 Å². The van der Waals surface area contributed by atoms with Crippen LogP contribution in [0.4, 0.5) is 0 Å². The van der Waals surface area contributed by atoms with Crippen LogP contribution >= 0.6 is 0 Å². The zero-order chi connectivity index (χ0) is 14.1. The maximum atomic E-state index is 12.2. The summed E-state index contributed by atoms with van der Waals surface area (Å²) in [6.07, 6.45) is 3.89. The van der Waals surface area contributed by atoms with E-state index in [0.717, 1.165) is 36.2 Å². The lowest BCUT2D eigenvalue weighted by molar-refractivity contribution is 0.688. The van der Waals surface area contributed by atoms with Crippen molar-refractivity contribution in [3.63, 3.8) is 0 Å². The van der Waals surface area contributed by atoms with Crippen LogP contribution in [-0.2, 0) is 10.8 Å². The predicted molar refractivity (Wildman–Crippen MR) is 83.3 cm³/mol. The molecule has 1 aromatic carbocycles. The molecule has 0 N–H and O–H groups in total. The van der Waals surface area contributed by atoms with Crippen molar-refractivity contribution in [3.05, 3.63) is 40.8 Å². The molecule has 0 spiro atoms. The van der Waals surface area contributed by atoms with Crippen molar-refractivity contribution in [2.75, 3.05) is 0 Å². The average molecular weight is 274 g/mol. The third kappa shape index (κ3) is 5.89. The van der Waals surface area contributed by atoms with Gasteiger partial charge in [-0.25, -0.2) is 4.21 Å². The number of rotatable bonds is 5. The SMILES string of the molecule is CCCC#C/C(=C/[S@@](=O)c1ccc(C)cc1)CCC. The van der Waals surface area contributed by atoms with Crippen LogP contribution in [-0.4, -0.2) is 4.21 Å². The van der Waals surface area contributed by atoms with E-state index in [1.165, 1.54) is 5.56 Å². The molecule has 0 aliphatic carbocycles. The molecule has 1 rings (SSSR count). The van der Waals surface area contributed by atoms with Crippen LogP contribution in [0.2, 0.25) is 0 Å². The highest BCUT2D eigenvalue weighted by atomic mass is 32.2. The molecule has 1 nitrogen and oxygen atoms in total. The summed E-state index contributed by atoms with van der Waals surface area (Å²) in [5.41, 5.74) is 2.18. The van der Waals surface area contributed by atoms with Gasteiger partial charge in [-0.2, -0.15) is 0 Å². The molecular formula is C17H22OS. The summed E-state index contributed by atoms with van der Waals surface area (Å²) >= 11 is 0. The highest BCUT2D eigenvalue weighted by Gasteiger charge is 2.01. The van der Waals surface area contributed by atoms with Crippen LogP contribution in [0.1, 0.15) is 45.1 Å². The molecule has 0 bridgehead atoms. The second kappa shape index (κ2) is 8.72. The Morgan fingerprint density at radius 3 is 2.47 bits per heavy atom. The first-order chi connectivity index (χ1) is 9.17. The molecule has 1 aromatic rings. The van der Waals surface area contributed by atoms with E-state index in [1.54, 1.807) is 5.41 Å². The molecular weight excluding hydrogens is 252 g/mol. The second-order valence-corrected chi connectivity index (χ2v) is 5.86. The number of unbranched alkanes of at least 4 members (excludes halogenated alkanes) is 1. The number of hydrogen-bond donors (Lipinski definition) is 0. The molecule has 0 aliphatic rings. The van der Waals surface area contributed by atoms with Gasteiger partial charge in [-0.3, -0.25) is 0 Å². The van der Waals surface area contributed by atoms with Gasteiger partial charge in [0.15, 0.2) is 0 Å². The Bertz CT molecular complexity index is 500. The average Bonchev–Trinajstić information content (AvgIpc) is 2.40. The summed E-state index contributed by atoms with van der Waals surface area (Å²) in [4.78, 5) is 0.844. The van der Waals surface area contributed by atoms with Crippen molar-refractivity contribution < 1.29 is 4.21 Å². The number of aryl methyl sites for hydroxylation is 1. The monoisotopic (exact) mass is 274 g/mol. The van der Waals surface area contributed by atoms with E-state index in [0.29, 0.717) is 0 Å². The zero-order valence-electron chi connectivity index (χ0n) is 12.0. The second-order valence-electron chi connectivity index (χ2n) is 4.56. The van der Waals surface area contributed by atoms with Gasteiger partial charge in [0.2, 0.25) is 0 Å². The summed E-state index contributed by atoms with van der Waals surface area (Å²) in [5, 5.41) is 1.80. The minimum atomic E-state index is -1.09. The molecule has 0 unspecified atom stereocenters. The van der Waals surface area contributed by atoms with Crippen molar-refractivity contribution >= 4 is 10.8 Å². The summed E-state index contributed by atoms with van der Waals surface area (Å²) in [7, 11) is -1.09. The first-order valence-electron chi connectivity index (χ1n) is 6.84. The number of allylic oxidation sites excluding steroid dienone is 1. The molecule has 0 saturated heterocycles. The Labute approximate surface area is 119 Å². The van der Waals surface area contributed by atoms with E-state index in [9.17, 15) is 4.21 Å². The molecule has 2 heteroatoms. The van der Waals surface area contributed by atoms with Gasteiger partial charge in [-0.1, -0.05) is 49.8 Å². The quantitative estimate of drug-likeness (QED) is 0.718. The van der Waals surface area contributed by atoms with Crippen molar-refractivity contribution in [1.29, 1.82) is 0 Å². The highest BCUT2D eigenvalue weighted by molar-refractivity contribution is 7.88. The fourth-order valence-electron chi connectivity index (χ4n) is 1.59. The number of hydrogen-bond acceptors (Lipinski definition) is 1. The highest BCUT2D eigenvalue weighted by Crippen LogP contribution is 2.13. The smallest absolute Gasteiger partial charge is 0.0785 e. The predicted octanol–water partition coefficient (Wildman–Crippen LogP) is 4.59. The van der Waals surface area contributed by atoms with Gasteiger partial charge in [-0.05, 0) is 31.9 Å². The molecule has 1 atom stereocenters. The molecule has 0 aliphatic heterocycles. The maximum absolute atomic E-state index is 12.2. The Morgan fingerprint density at radius 2 is 1.89 bits per heavy atom. The zero-order valence-corrected chi connectivity index (χ0v) is 12.8. The molecule has 0 amide bonds. The van der Waals surface area contributed by atoms with Gasteiger partial charge in [0.05, 0.1) is 10.8 Å². The van der Waals surface area contributed by atoms with E-state index in [4.69, 9.17) is 0 Å². The van der Waals surface area contributed by atoms with Crippen molar-refractivity contribution in [2.24, 2.45) is 0 Å². The molecule has 19 heavy (non-hydrogen) atoms. The third-order valence-electron chi connectivity index (χ3n) is 2.65. The van der Waals surface area contributed by atoms with E-state index in [1.807, 2.05) is 31.2 Å². The van der Waals surface area contributed by atoms with Crippen molar-refractivity contribution in [3.8, 4) is 11.8 Å². The molecule has 102 valence electrons. The lowest BCUT2D eigenvalue weighted by Crippen LogP contribution is -1.90. The normalized spacial score (nSPS) is 12.7. The van der Waals surface area contributed by atoms with Gasteiger partial charge < -0.3 is 0 Å². The van der Waals surface area contributed by atoms with Gasteiger partial charge in [-0.15, -0.1) is 0 Å². The first-order valence-corrected chi connectivity index (χ1v) is 8.05. The lowest BCUT2D eigenvalue weighted by atomic mass is 10.2. The van der Waals surface area contributed by atoms with Crippen molar-refractivity contribution in [1.82, 2.24) is 0 Å². The Hall–Kier alpha value is -1.33. The van der Waals surface area contributed by atoms with E-state index < -0.39 is 10.8 Å². The van der Waals surface area contributed by atoms with Crippen molar-refractivity contribution in [2.45, 2.75) is 51.3 Å². The largest absolute Gasteiger partial charge is 0.250 e. The Kier molecular flexibility index (Phi) is 7.22. The lowest BCUT2D eigenvalue weighted by Gasteiger charge is -2.00. The molecule has 0 aromatic heterocycles. The first kappa shape index (κ1) is 15.7. The van der Waals surface area contributed by atoms with Crippen LogP contribution < -0.4 is 0 Å². The van der Waals surface area contributed by atoms with Gasteiger partial charge in [0.25, 0.3) is 0 Å². The van der Waals surface area contributed by atoms with E-state index in [-0.39, 0.29) is 0 Å². The fourth-order valence-corrected chi connectivity index (χ4v) is 2.57. The Balaban J connectivity index is 2.86. The fraction of sp³-hybridized carbons (Fsp3) is 0.412. The topological polar surface area (TPSA) is 17.1 Å². The molecule has 0 saturated carbocycles. The van der Waals surface area contributed by atoms with Gasteiger partial charge >= 0.3 is 0 Å². The summed E-state index contributed by atoms with van der Waals surface area (Å²) in [6, 6.07) is 7.82. The maximum Gasteiger partial charge on any atom is 0.0785 e. The minimum absolute atomic E-state index is 0.844.